The number of aromatic nitrogens is 2. The van der Waals surface area contributed by atoms with Crippen molar-refractivity contribution in [3.8, 4) is 33.4 Å². The predicted molar refractivity (Wildman–Crippen MR) is 279 cm³/mol. The quantitative estimate of drug-likeness (QED) is 0.166. The van der Waals surface area contributed by atoms with Crippen LogP contribution in [0.1, 0.15) is 0 Å². The van der Waals surface area contributed by atoms with Crippen LogP contribution in [0.2, 0.25) is 0 Å². The zero-order chi connectivity index (χ0) is 42.9. The number of fused-ring (bicyclic) bond motifs is 17. The Morgan fingerprint density at radius 2 is 0.667 bits per heavy atom. The molecule has 0 amide bonds. The first-order valence-electron chi connectivity index (χ1n) is 22.4. The summed E-state index contributed by atoms with van der Waals surface area (Å²) in [5.41, 5.74) is 15.0. The molecule has 16 rings (SSSR count). The van der Waals surface area contributed by atoms with E-state index in [1.807, 2.05) is 35.6 Å². The Balaban J connectivity index is 0.801. The van der Waals surface area contributed by atoms with Crippen LogP contribution < -0.4 is 5.43 Å². The summed E-state index contributed by atoms with van der Waals surface area (Å²) in [4.78, 5) is 14.5. The standard InChI is InChI=1S/C61H32N2O2S/c64-61-49-29-33(17-23-55(49)65-56-24-18-34(30-50(56)61)37-15-21-41-45-11-5-9-43-39-7-1-3-13-51(39)62(59(43)45)53(41)31-37)35-19-25-57-47(27-35)48-28-36(20-26-58(48)66-57)38-16-22-42-46-12-6-10-44-40-8-2-4-14-52(40)63(60(44)46)54(42)32-38/h1-32H. The van der Waals surface area contributed by atoms with Crippen LogP contribution in [-0.2, 0) is 0 Å². The Hall–Kier alpha value is -8.51. The molecule has 0 fully saturated rings. The third kappa shape index (κ3) is 4.49. The Labute approximate surface area is 378 Å². The van der Waals surface area contributed by atoms with E-state index in [1.165, 1.54) is 102 Å². The molecule has 0 radical (unpaired) electrons. The SMILES string of the molecule is O=c1c2cc(-c3ccc4sc5ccc(-c6ccc7c8cccc9c%10ccccc%10n(c7c6)c98)cc5c4c3)ccc2oc2ccc(-c3ccc4c5cccc6c7ccccc7n(c4c3)c65)cc12. The topological polar surface area (TPSA) is 39.0 Å². The van der Waals surface area contributed by atoms with Crippen LogP contribution in [0.5, 0.6) is 0 Å². The van der Waals surface area contributed by atoms with Gasteiger partial charge in [0.1, 0.15) is 11.2 Å². The number of rotatable bonds is 3. The lowest BCUT2D eigenvalue weighted by molar-refractivity contribution is 0.660. The fourth-order valence-corrected chi connectivity index (χ4v) is 12.6. The van der Waals surface area contributed by atoms with Crippen molar-refractivity contribution >= 4 is 130 Å². The number of hydrogen-bond acceptors (Lipinski definition) is 3. The van der Waals surface area contributed by atoms with Crippen LogP contribution in [0, 0.1) is 0 Å². The van der Waals surface area contributed by atoms with Gasteiger partial charge >= 0.3 is 0 Å². The fourth-order valence-electron chi connectivity index (χ4n) is 11.6. The highest BCUT2D eigenvalue weighted by molar-refractivity contribution is 7.25. The summed E-state index contributed by atoms with van der Waals surface area (Å²) in [5.74, 6) is 0. The van der Waals surface area contributed by atoms with Crippen molar-refractivity contribution in [2.45, 2.75) is 0 Å². The molecule has 0 saturated carbocycles. The van der Waals surface area contributed by atoms with Crippen molar-refractivity contribution < 1.29 is 4.42 Å². The summed E-state index contributed by atoms with van der Waals surface area (Å²) in [6.45, 7) is 0. The van der Waals surface area contributed by atoms with Gasteiger partial charge in [0.15, 0.2) is 0 Å². The van der Waals surface area contributed by atoms with E-state index in [0.717, 1.165) is 27.8 Å². The predicted octanol–water partition coefficient (Wildman–Crippen LogP) is 16.6. The molecule has 0 spiro atoms. The molecular weight excluding hydrogens is 825 g/mol. The van der Waals surface area contributed by atoms with Crippen molar-refractivity contribution in [1.29, 1.82) is 0 Å². The molecule has 0 saturated heterocycles. The molecule has 0 aliphatic rings. The van der Waals surface area contributed by atoms with Gasteiger partial charge in [-0.3, -0.25) is 4.79 Å². The van der Waals surface area contributed by atoms with Crippen molar-refractivity contribution in [3.05, 3.63) is 204 Å². The zero-order valence-corrected chi connectivity index (χ0v) is 35.9. The molecule has 0 aliphatic carbocycles. The maximum atomic E-state index is 14.5. The van der Waals surface area contributed by atoms with E-state index in [4.69, 9.17) is 4.42 Å². The first kappa shape index (κ1) is 34.9. The van der Waals surface area contributed by atoms with Crippen LogP contribution in [0.4, 0.5) is 0 Å². The average molecular weight is 857 g/mol. The fraction of sp³-hybridized carbons (Fsp3) is 0. The molecular formula is C61H32N2O2S. The number of para-hydroxylation sites is 4. The van der Waals surface area contributed by atoms with Gasteiger partial charge in [0.2, 0.25) is 5.43 Å². The van der Waals surface area contributed by atoms with Crippen LogP contribution in [0.3, 0.4) is 0 Å². The Morgan fingerprint density at radius 1 is 0.303 bits per heavy atom. The first-order chi connectivity index (χ1) is 32.6. The summed E-state index contributed by atoms with van der Waals surface area (Å²) < 4.78 is 13.8. The van der Waals surface area contributed by atoms with Crippen LogP contribution in [0.25, 0.3) is 152 Å². The molecule has 5 heteroatoms. The van der Waals surface area contributed by atoms with E-state index in [2.05, 4.69) is 179 Å². The Bertz CT molecular complexity index is 4850. The highest BCUT2D eigenvalue weighted by Crippen LogP contribution is 2.44. The van der Waals surface area contributed by atoms with Gasteiger partial charge in [-0.1, -0.05) is 121 Å². The number of thiophene rings is 1. The third-order valence-electron chi connectivity index (χ3n) is 14.6. The number of hydrogen-bond donors (Lipinski definition) is 0. The molecule has 0 atom stereocenters. The van der Waals surface area contributed by atoms with E-state index >= 15 is 0 Å². The highest BCUT2D eigenvalue weighted by Gasteiger charge is 2.20. The zero-order valence-electron chi connectivity index (χ0n) is 35.1. The number of benzene rings is 10. The second kappa shape index (κ2) is 12.4. The first-order valence-corrected chi connectivity index (χ1v) is 23.2. The highest BCUT2D eigenvalue weighted by atomic mass is 32.1. The molecule has 0 bridgehead atoms. The van der Waals surface area contributed by atoms with Crippen LogP contribution in [0.15, 0.2) is 203 Å². The summed E-state index contributed by atoms with van der Waals surface area (Å²) in [5, 5.41) is 13.7. The van der Waals surface area contributed by atoms with Gasteiger partial charge in [-0.25, -0.2) is 0 Å². The lowest BCUT2D eigenvalue weighted by Gasteiger charge is -2.08. The molecule has 0 N–H and O–H groups in total. The van der Waals surface area contributed by atoms with Gasteiger partial charge in [-0.15, -0.1) is 11.3 Å². The number of nitrogens with zero attached hydrogens (tertiary/aromatic N) is 2. The van der Waals surface area contributed by atoms with Gasteiger partial charge in [0, 0.05) is 63.3 Å². The average Bonchev–Trinajstić information content (AvgIpc) is 4.17. The maximum absolute atomic E-state index is 14.5. The molecule has 16 aromatic rings. The summed E-state index contributed by atoms with van der Waals surface area (Å²) >= 11 is 1.82. The van der Waals surface area contributed by atoms with E-state index < -0.39 is 0 Å². The molecule has 0 unspecified atom stereocenters. The molecule has 0 aliphatic heterocycles. The Kier molecular flexibility index (Phi) is 6.55. The molecule has 6 heterocycles. The van der Waals surface area contributed by atoms with E-state index in [0.29, 0.717) is 21.9 Å². The minimum absolute atomic E-state index is 0.0283. The van der Waals surface area contributed by atoms with E-state index in [1.54, 1.807) is 0 Å². The summed E-state index contributed by atoms with van der Waals surface area (Å²) in [6, 6.07) is 69.8. The van der Waals surface area contributed by atoms with Gasteiger partial charge in [-0.2, -0.15) is 0 Å². The lowest BCUT2D eigenvalue weighted by atomic mass is 9.98. The minimum Gasteiger partial charge on any atom is -0.456 e. The lowest BCUT2D eigenvalue weighted by Crippen LogP contribution is -2.02. The maximum Gasteiger partial charge on any atom is 0.200 e. The van der Waals surface area contributed by atoms with E-state index in [9.17, 15) is 4.79 Å². The second-order valence-electron chi connectivity index (χ2n) is 17.9. The van der Waals surface area contributed by atoms with Gasteiger partial charge < -0.3 is 13.2 Å². The van der Waals surface area contributed by atoms with Gasteiger partial charge in [0.25, 0.3) is 0 Å². The Morgan fingerprint density at radius 3 is 1.14 bits per heavy atom. The molecule has 66 heavy (non-hydrogen) atoms. The minimum atomic E-state index is -0.0283. The monoisotopic (exact) mass is 856 g/mol. The normalized spacial score (nSPS) is 12.6. The summed E-state index contributed by atoms with van der Waals surface area (Å²) in [7, 11) is 0. The van der Waals surface area contributed by atoms with E-state index in [-0.39, 0.29) is 5.43 Å². The molecule has 4 nitrogen and oxygen atoms in total. The van der Waals surface area contributed by atoms with Crippen LogP contribution >= 0.6 is 11.3 Å². The van der Waals surface area contributed by atoms with Crippen molar-refractivity contribution in [3.63, 3.8) is 0 Å². The van der Waals surface area contributed by atoms with Crippen molar-refractivity contribution in [2.24, 2.45) is 0 Å². The smallest absolute Gasteiger partial charge is 0.200 e. The largest absolute Gasteiger partial charge is 0.456 e. The molecule has 304 valence electrons. The molecule has 10 aromatic carbocycles. The summed E-state index contributed by atoms with van der Waals surface area (Å²) in [6.07, 6.45) is 0. The second-order valence-corrected chi connectivity index (χ2v) is 19.0. The third-order valence-corrected chi connectivity index (χ3v) is 15.7. The van der Waals surface area contributed by atoms with Gasteiger partial charge in [-0.05, 0) is 106 Å². The van der Waals surface area contributed by atoms with Crippen LogP contribution in [-0.4, -0.2) is 8.80 Å². The van der Waals surface area contributed by atoms with Gasteiger partial charge in [0.05, 0.1) is 43.9 Å². The van der Waals surface area contributed by atoms with Crippen molar-refractivity contribution in [2.75, 3.05) is 0 Å². The van der Waals surface area contributed by atoms with Crippen molar-refractivity contribution in [1.82, 2.24) is 8.80 Å². The molecule has 6 aromatic heterocycles.